The molecule has 0 N–H and O–H groups in total. The van der Waals surface area contributed by atoms with Gasteiger partial charge in [0.1, 0.15) is 11.4 Å². The molecule has 0 saturated carbocycles. The van der Waals surface area contributed by atoms with Gasteiger partial charge in [-0.25, -0.2) is 0 Å². The Kier molecular flexibility index (Phi) is 5.11. The topological polar surface area (TPSA) is 34.1 Å². The highest BCUT2D eigenvalue weighted by Gasteiger charge is 2.58. The van der Waals surface area contributed by atoms with Crippen molar-refractivity contribution in [2.45, 2.75) is 25.0 Å². The molecular weight excluding hydrogens is 480 g/mol. The Hall–Kier alpha value is -4.57. The van der Waals surface area contributed by atoms with Gasteiger partial charge in [-0.3, -0.25) is 4.99 Å². The molecule has 1 atom stereocenters. The van der Waals surface area contributed by atoms with E-state index in [1.807, 2.05) is 12.3 Å². The Labute approximate surface area is 228 Å². The number of hydrogen-bond acceptors (Lipinski definition) is 4. The van der Waals surface area contributed by atoms with Crippen molar-refractivity contribution >= 4 is 51.3 Å². The van der Waals surface area contributed by atoms with Crippen LogP contribution in [0.4, 0.5) is 11.4 Å². The lowest BCUT2D eigenvalue weighted by atomic mass is 9.77. The number of likely N-dealkylation sites (N-methyl/N-ethyl adjacent to an activating group) is 1. The van der Waals surface area contributed by atoms with Crippen LogP contribution < -0.4 is 14.4 Å². The molecule has 5 aromatic rings. The maximum atomic E-state index is 7.14. The van der Waals surface area contributed by atoms with E-state index < -0.39 is 5.72 Å². The number of anilines is 1. The predicted octanol–water partition coefficient (Wildman–Crippen LogP) is 8.39. The second-order valence-corrected chi connectivity index (χ2v) is 10.9. The first kappa shape index (κ1) is 23.5. The fourth-order valence-electron chi connectivity index (χ4n) is 6.28. The molecule has 0 aliphatic carbocycles. The summed E-state index contributed by atoms with van der Waals surface area (Å²) in [6, 6.07) is 31.7. The molecule has 0 radical (unpaired) electrons. The van der Waals surface area contributed by atoms with Crippen LogP contribution in [-0.2, 0) is 5.41 Å². The van der Waals surface area contributed by atoms with Crippen molar-refractivity contribution in [2.24, 2.45) is 4.99 Å². The van der Waals surface area contributed by atoms with Crippen molar-refractivity contribution < 1.29 is 9.47 Å². The summed E-state index contributed by atoms with van der Waals surface area (Å²) in [6.45, 7) is 4.48. The van der Waals surface area contributed by atoms with Crippen molar-refractivity contribution in [3.63, 3.8) is 0 Å². The van der Waals surface area contributed by atoms with Crippen LogP contribution in [-0.4, -0.2) is 26.1 Å². The molecule has 0 amide bonds. The maximum absolute atomic E-state index is 7.14. The molecule has 5 aromatic carbocycles. The van der Waals surface area contributed by atoms with E-state index in [9.17, 15) is 0 Å². The minimum atomic E-state index is -0.755. The van der Waals surface area contributed by atoms with Gasteiger partial charge >= 0.3 is 0 Å². The highest BCUT2D eigenvalue weighted by molar-refractivity contribution is 6.03. The van der Waals surface area contributed by atoms with Crippen LogP contribution in [0.1, 0.15) is 30.5 Å². The van der Waals surface area contributed by atoms with E-state index in [4.69, 9.17) is 14.5 Å². The largest absolute Gasteiger partial charge is 0.496 e. The van der Waals surface area contributed by atoms with Crippen LogP contribution in [0.5, 0.6) is 11.5 Å². The minimum Gasteiger partial charge on any atom is -0.496 e. The summed E-state index contributed by atoms with van der Waals surface area (Å²) in [5.74, 6) is 1.63. The number of fused-ring (bicyclic) bond motifs is 5. The lowest BCUT2D eigenvalue weighted by Gasteiger charge is -2.45. The Morgan fingerprint density at radius 2 is 1.44 bits per heavy atom. The van der Waals surface area contributed by atoms with Crippen LogP contribution in [0.2, 0.25) is 0 Å². The van der Waals surface area contributed by atoms with Gasteiger partial charge in [0.15, 0.2) is 5.75 Å². The zero-order valence-electron chi connectivity index (χ0n) is 22.6. The Morgan fingerprint density at radius 1 is 0.795 bits per heavy atom. The summed E-state index contributed by atoms with van der Waals surface area (Å²) in [6.07, 6.45) is 6.24. The van der Waals surface area contributed by atoms with Crippen molar-refractivity contribution in [1.82, 2.24) is 0 Å². The summed E-state index contributed by atoms with van der Waals surface area (Å²) < 4.78 is 12.9. The monoisotopic (exact) mass is 510 g/mol. The lowest BCUT2D eigenvalue weighted by molar-refractivity contribution is 0.0824. The molecule has 7 rings (SSSR count). The normalized spacial score (nSPS) is 19.0. The van der Waals surface area contributed by atoms with Gasteiger partial charge in [0.25, 0.3) is 0 Å². The van der Waals surface area contributed by atoms with Gasteiger partial charge in [0, 0.05) is 29.2 Å². The molecule has 192 valence electrons. The van der Waals surface area contributed by atoms with Gasteiger partial charge in [-0.05, 0) is 59.8 Å². The van der Waals surface area contributed by atoms with E-state index in [0.29, 0.717) is 0 Å². The van der Waals surface area contributed by atoms with E-state index in [2.05, 4.69) is 123 Å². The molecule has 1 spiro atoms. The number of methoxy groups -OCH3 is 1. The number of benzene rings is 5. The average molecular weight is 511 g/mol. The zero-order valence-corrected chi connectivity index (χ0v) is 22.6. The molecule has 2 aliphatic heterocycles. The molecule has 39 heavy (non-hydrogen) atoms. The molecule has 2 aliphatic rings. The van der Waals surface area contributed by atoms with Crippen LogP contribution in [0.15, 0.2) is 96.0 Å². The molecule has 0 fully saturated rings. The highest BCUT2D eigenvalue weighted by atomic mass is 16.5. The second-order valence-electron chi connectivity index (χ2n) is 10.9. The summed E-state index contributed by atoms with van der Waals surface area (Å²) in [5, 5.41) is 4.53. The molecule has 4 heteroatoms. The van der Waals surface area contributed by atoms with Crippen LogP contribution in [0.25, 0.3) is 33.7 Å². The van der Waals surface area contributed by atoms with E-state index in [1.165, 1.54) is 10.9 Å². The van der Waals surface area contributed by atoms with Crippen LogP contribution in [0.3, 0.4) is 0 Å². The quantitative estimate of drug-likeness (QED) is 0.229. The zero-order chi connectivity index (χ0) is 26.8. The van der Waals surface area contributed by atoms with E-state index >= 15 is 0 Å². The Balaban J connectivity index is 1.40. The maximum Gasteiger partial charge on any atom is 0.228 e. The average Bonchev–Trinajstić information content (AvgIpc) is 3.13. The molecular formula is C35H30N2O2. The number of para-hydroxylation sites is 1. The minimum absolute atomic E-state index is 0.326. The first-order valence-electron chi connectivity index (χ1n) is 13.3. The first-order chi connectivity index (χ1) is 18.9. The molecule has 0 aromatic heterocycles. The lowest BCUT2D eigenvalue weighted by Crippen LogP contribution is -2.61. The third kappa shape index (κ3) is 3.34. The van der Waals surface area contributed by atoms with Gasteiger partial charge in [0.05, 0.1) is 18.7 Å². The van der Waals surface area contributed by atoms with E-state index in [-0.39, 0.29) is 5.41 Å². The number of rotatable bonds is 3. The van der Waals surface area contributed by atoms with Gasteiger partial charge in [-0.1, -0.05) is 78.9 Å². The van der Waals surface area contributed by atoms with Crippen LogP contribution >= 0.6 is 0 Å². The number of nitrogens with zero attached hydrogens (tertiary/aromatic N) is 2. The van der Waals surface area contributed by atoms with Gasteiger partial charge in [-0.2, -0.15) is 0 Å². The van der Waals surface area contributed by atoms with Gasteiger partial charge < -0.3 is 14.4 Å². The highest BCUT2D eigenvalue weighted by Crippen LogP contribution is 2.55. The first-order valence-corrected chi connectivity index (χ1v) is 13.3. The predicted molar refractivity (Wildman–Crippen MR) is 163 cm³/mol. The summed E-state index contributed by atoms with van der Waals surface area (Å²) in [5.41, 5.74) is 4.19. The molecule has 0 saturated heterocycles. The second kappa shape index (κ2) is 8.47. The molecule has 4 nitrogen and oxygen atoms in total. The smallest absolute Gasteiger partial charge is 0.228 e. The van der Waals surface area contributed by atoms with E-state index in [0.717, 1.165) is 50.2 Å². The molecule has 2 heterocycles. The van der Waals surface area contributed by atoms with Crippen molar-refractivity contribution in [1.29, 1.82) is 0 Å². The molecule has 1 unspecified atom stereocenters. The summed E-state index contributed by atoms with van der Waals surface area (Å²) in [4.78, 5) is 7.35. The standard InChI is InChI=1S/C35H30N2O2/c1-34(2)29-15-9-10-16-30(29)37(3)35(34)22-36-32-28-14-8-7-13-25(28)20-27(33(32)39-35)18-17-26-19-23-11-5-6-12-24(23)21-31(26)38-4/h5-22H,1-4H3/b18-17-. The third-order valence-corrected chi connectivity index (χ3v) is 8.50. The van der Waals surface area contributed by atoms with Gasteiger partial charge in [0.2, 0.25) is 5.72 Å². The fourth-order valence-corrected chi connectivity index (χ4v) is 6.28. The number of hydrogen-bond donors (Lipinski definition) is 0. The SMILES string of the molecule is COc1cc2ccccc2cc1/C=C\c1cc2ccccc2c2c1OC1(C=N2)N(C)c2ccccc2C1(C)C. The Bertz CT molecular complexity index is 1830. The third-order valence-electron chi connectivity index (χ3n) is 8.50. The number of aliphatic imine (C=N–C) groups is 1. The fraction of sp³-hybridized carbons (Fsp3) is 0.171. The number of ether oxygens (including phenoxy) is 2. The van der Waals surface area contributed by atoms with Crippen molar-refractivity contribution in [3.05, 3.63) is 108 Å². The molecule has 0 bridgehead atoms. The van der Waals surface area contributed by atoms with Gasteiger partial charge in [-0.15, -0.1) is 0 Å². The van der Waals surface area contributed by atoms with Crippen LogP contribution in [0, 0.1) is 0 Å². The van der Waals surface area contributed by atoms with Crippen molar-refractivity contribution in [3.8, 4) is 11.5 Å². The van der Waals surface area contributed by atoms with Crippen molar-refractivity contribution in [2.75, 3.05) is 19.1 Å². The summed E-state index contributed by atoms with van der Waals surface area (Å²) in [7, 11) is 3.82. The van der Waals surface area contributed by atoms with E-state index in [1.54, 1.807) is 7.11 Å². The Morgan fingerprint density at radius 3 is 2.21 bits per heavy atom. The summed E-state index contributed by atoms with van der Waals surface area (Å²) >= 11 is 0.